The van der Waals surface area contributed by atoms with Crippen molar-refractivity contribution in [2.24, 2.45) is 11.8 Å². The van der Waals surface area contributed by atoms with Gasteiger partial charge in [0.2, 0.25) is 5.91 Å². The lowest BCUT2D eigenvalue weighted by Gasteiger charge is -2.61. The summed E-state index contributed by atoms with van der Waals surface area (Å²) in [5.74, 6) is 1.07. The van der Waals surface area contributed by atoms with Gasteiger partial charge in [-0.1, -0.05) is 0 Å². The molecular weight excluding hydrogens is 230 g/mol. The van der Waals surface area contributed by atoms with Crippen molar-refractivity contribution in [1.82, 2.24) is 5.32 Å². The van der Waals surface area contributed by atoms with E-state index >= 15 is 0 Å². The van der Waals surface area contributed by atoms with Crippen molar-refractivity contribution in [3.63, 3.8) is 0 Å². The smallest absolute Gasteiger partial charge is 0.303 e. The highest BCUT2D eigenvalue weighted by atomic mass is 16.6. The van der Waals surface area contributed by atoms with E-state index in [9.17, 15) is 9.59 Å². The highest BCUT2D eigenvalue weighted by molar-refractivity contribution is 5.74. The minimum Gasteiger partial charge on any atom is -0.459 e. The van der Waals surface area contributed by atoms with Crippen LogP contribution in [0.2, 0.25) is 0 Å². The summed E-state index contributed by atoms with van der Waals surface area (Å²) in [4.78, 5) is 22.8. The Morgan fingerprint density at radius 3 is 2.22 bits per heavy atom. The quantitative estimate of drug-likeness (QED) is 0.761. The van der Waals surface area contributed by atoms with Crippen LogP contribution in [-0.4, -0.2) is 23.0 Å². The Kier molecular flexibility index (Phi) is 2.48. The van der Waals surface area contributed by atoms with Crippen LogP contribution in [0.1, 0.15) is 52.4 Å². The van der Waals surface area contributed by atoms with Gasteiger partial charge in [-0.3, -0.25) is 9.59 Å². The van der Waals surface area contributed by atoms with Crippen LogP contribution < -0.4 is 5.32 Å². The van der Waals surface area contributed by atoms with E-state index in [1.165, 1.54) is 13.3 Å². The van der Waals surface area contributed by atoms with Crippen LogP contribution in [-0.2, 0) is 14.3 Å². The molecule has 4 saturated carbocycles. The number of ether oxygens (including phenoxy) is 1. The first kappa shape index (κ1) is 12.0. The fourth-order valence-electron chi connectivity index (χ4n) is 5.12. The average molecular weight is 251 g/mol. The van der Waals surface area contributed by atoms with Crippen molar-refractivity contribution in [2.45, 2.75) is 63.5 Å². The highest BCUT2D eigenvalue weighted by Gasteiger charge is 2.59. The van der Waals surface area contributed by atoms with Gasteiger partial charge in [-0.05, 0) is 43.9 Å². The van der Waals surface area contributed by atoms with Gasteiger partial charge in [0.25, 0.3) is 0 Å². The molecule has 0 aromatic carbocycles. The molecular formula is C14H21NO3. The van der Waals surface area contributed by atoms with E-state index in [-0.39, 0.29) is 23.0 Å². The van der Waals surface area contributed by atoms with E-state index in [4.69, 9.17) is 4.74 Å². The zero-order valence-electron chi connectivity index (χ0n) is 11.1. The summed E-state index contributed by atoms with van der Waals surface area (Å²) < 4.78 is 5.67. The van der Waals surface area contributed by atoms with Gasteiger partial charge < -0.3 is 10.1 Å². The van der Waals surface area contributed by atoms with Crippen molar-refractivity contribution in [3.8, 4) is 0 Å². The van der Waals surface area contributed by atoms with Crippen LogP contribution in [0.5, 0.6) is 0 Å². The second kappa shape index (κ2) is 3.72. The van der Waals surface area contributed by atoms with Gasteiger partial charge in [-0.2, -0.15) is 0 Å². The number of carbonyl (C=O) groups excluding carboxylic acids is 2. The molecule has 4 fully saturated rings. The molecule has 4 aliphatic carbocycles. The van der Waals surface area contributed by atoms with Crippen LogP contribution in [0, 0.1) is 11.8 Å². The third-order valence-electron chi connectivity index (χ3n) is 4.81. The number of nitrogens with one attached hydrogen (secondary N) is 1. The first-order valence-corrected chi connectivity index (χ1v) is 6.89. The maximum atomic E-state index is 11.4. The van der Waals surface area contributed by atoms with Gasteiger partial charge >= 0.3 is 5.97 Å². The van der Waals surface area contributed by atoms with Crippen molar-refractivity contribution in [2.75, 3.05) is 0 Å². The normalized spacial score (nSPS) is 44.8. The third kappa shape index (κ3) is 1.91. The molecule has 4 bridgehead atoms. The van der Waals surface area contributed by atoms with E-state index in [0.29, 0.717) is 11.8 Å². The molecule has 0 aromatic heterocycles. The fraction of sp³-hybridized carbons (Fsp3) is 0.857. The van der Waals surface area contributed by atoms with E-state index in [2.05, 4.69) is 5.32 Å². The van der Waals surface area contributed by atoms with Crippen molar-refractivity contribution in [1.29, 1.82) is 0 Å². The molecule has 18 heavy (non-hydrogen) atoms. The number of carbonyl (C=O) groups is 2. The van der Waals surface area contributed by atoms with Crippen molar-refractivity contribution in [3.05, 3.63) is 0 Å². The van der Waals surface area contributed by atoms with Crippen LogP contribution >= 0.6 is 0 Å². The van der Waals surface area contributed by atoms with E-state index < -0.39 is 0 Å². The number of esters is 1. The van der Waals surface area contributed by atoms with E-state index in [1.54, 1.807) is 6.92 Å². The molecule has 0 aromatic rings. The molecule has 2 atom stereocenters. The maximum absolute atomic E-state index is 11.4. The van der Waals surface area contributed by atoms with Crippen LogP contribution in [0.4, 0.5) is 0 Å². The molecule has 4 heteroatoms. The Hall–Kier alpha value is -1.06. The maximum Gasteiger partial charge on any atom is 0.303 e. The van der Waals surface area contributed by atoms with E-state index in [1.807, 2.05) is 0 Å². The van der Waals surface area contributed by atoms with Gasteiger partial charge in [0.1, 0.15) is 5.60 Å². The minimum absolute atomic E-state index is 0.0370. The summed E-state index contributed by atoms with van der Waals surface area (Å²) in [5, 5.41) is 3.16. The molecule has 1 N–H and O–H groups in total. The summed E-state index contributed by atoms with van der Waals surface area (Å²) in [7, 11) is 0. The predicted octanol–water partition coefficient (Wildman–Crippen LogP) is 1.78. The Labute approximate surface area is 107 Å². The lowest BCUT2D eigenvalue weighted by Crippen LogP contribution is -2.66. The average Bonchev–Trinajstić information content (AvgIpc) is 2.08. The summed E-state index contributed by atoms with van der Waals surface area (Å²) in [6.45, 7) is 3.07. The standard InChI is InChI=1S/C14H21NO3/c1-9(16)15-13-4-11-3-12(5-13)7-14(6-11,8-13)18-10(2)17/h11-12H,3-8H2,1-2H3,(H,15,16). The largest absolute Gasteiger partial charge is 0.459 e. The minimum atomic E-state index is -0.293. The number of rotatable bonds is 2. The topological polar surface area (TPSA) is 55.4 Å². The van der Waals surface area contributed by atoms with Gasteiger partial charge in [-0.25, -0.2) is 0 Å². The molecule has 1 amide bonds. The predicted molar refractivity (Wildman–Crippen MR) is 65.7 cm³/mol. The molecule has 4 rings (SSSR count). The first-order valence-electron chi connectivity index (χ1n) is 6.89. The van der Waals surface area contributed by atoms with Gasteiger partial charge in [0, 0.05) is 25.8 Å². The Balaban J connectivity index is 1.87. The molecule has 0 saturated heterocycles. The van der Waals surface area contributed by atoms with Crippen LogP contribution in [0.25, 0.3) is 0 Å². The molecule has 0 heterocycles. The molecule has 0 radical (unpaired) electrons. The van der Waals surface area contributed by atoms with Crippen molar-refractivity contribution < 1.29 is 14.3 Å². The first-order chi connectivity index (χ1) is 8.40. The monoisotopic (exact) mass is 251 g/mol. The molecule has 4 nitrogen and oxygen atoms in total. The van der Waals surface area contributed by atoms with Crippen molar-refractivity contribution >= 4 is 11.9 Å². The summed E-state index contributed by atoms with van der Waals surface area (Å²) >= 11 is 0. The summed E-state index contributed by atoms with van der Waals surface area (Å²) in [6, 6.07) is 0. The lowest BCUT2D eigenvalue weighted by atomic mass is 9.51. The van der Waals surface area contributed by atoms with Crippen LogP contribution in [0.15, 0.2) is 0 Å². The molecule has 100 valence electrons. The summed E-state index contributed by atoms with van der Waals surface area (Å²) in [6.07, 6.45) is 6.16. The molecule has 4 aliphatic rings. The zero-order valence-corrected chi connectivity index (χ0v) is 11.1. The van der Waals surface area contributed by atoms with Gasteiger partial charge in [-0.15, -0.1) is 0 Å². The number of amides is 1. The van der Waals surface area contributed by atoms with Gasteiger partial charge in [0.05, 0.1) is 0 Å². The second-order valence-corrected chi connectivity index (χ2v) is 6.70. The lowest BCUT2D eigenvalue weighted by molar-refractivity contribution is -0.190. The van der Waals surface area contributed by atoms with E-state index in [0.717, 1.165) is 32.1 Å². The molecule has 0 aliphatic heterocycles. The second-order valence-electron chi connectivity index (χ2n) is 6.70. The molecule has 0 spiro atoms. The number of hydrogen-bond acceptors (Lipinski definition) is 3. The SMILES string of the molecule is CC(=O)NC12CC3CC(C1)CC(OC(C)=O)(C3)C2. The highest BCUT2D eigenvalue weighted by Crippen LogP contribution is 2.58. The summed E-state index contributed by atoms with van der Waals surface area (Å²) in [5.41, 5.74) is -0.399. The Bertz CT molecular complexity index is 356. The Morgan fingerprint density at radius 2 is 1.72 bits per heavy atom. The molecule has 2 unspecified atom stereocenters. The van der Waals surface area contributed by atoms with Crippen LogP contribution in [0.3, 0.4) is 0 Å². The fourth-order valence-corrected chi connectivity index (χ4v) is 5.12. The zero-order chi connectivity index (χ0) is 13.0. The Morgan fingerprint density at radius 1 is 1.11 bits per heavy atom. The number of hydrogen-bond donors (Lipinski definition) is 1. The third-order valence-corrected chi connectivity index (χ3v) is 4.81. The van der Waals surface area contributed by atoms with Gasteiger partial charge in [0.15, 0.2) is 0 Å².